The molecule has 0 saturated heterocycles. The number of esters is 1. The van der Waals surface area contributed by atoms with Gasteiger partial charge in [0.25, 0.3) is 5.91 Å². The van der Waals surface area contributed by atoms with Gasteiger partial charge in [0.15, 0.2) is 11.9 Å². The molecule has 5 nitrogen and oxygen atoms in total. The summed E-state index contributed by atoms with van der Waals surface area (Å²) in [6.07, 6.45) is 1.85. The topological polar surface area (TPSA) is 72.5 Å². The number of halogens is 1. The highest BCUT2D eigenvalue weighted by molar-refractivity contribution is 9.10. The second-order valence-corrected chi connectivity index (χ2v) is 6.38. The third kappa shape index (κ3) is 5.39. The summed E-state index contributed by atoms with van der Waals surface area (Å²) in [6.45, 7) is 2.89. The number of Topliss-reactive ketones (excluding diaryl/α,β-unsaturated/α-hetero) is 1. The molecule has 2 aromatic rings. The molecule has 0 radical (unpaired) electrons. The SMILES string of the molecule is CC(=O)c1ccccc1NC(=O)[C@H](C)OC(=O)/C=C/c1ccccc1Br. The first-order valence-corrected chi connectivity index (χ1v) is 8.72. The molecule has 2 rings (SSSR count). The molecule has 0 spiro atoms. The number of nitrogens with one attached hydrogen (secondary N) is 1. The van der Waals surface area contributed by atoms with E-state index in [1.165, 1.54) is 19.9 Å². The average Bonchev–Trinajstić information content (AvgIpc) is 2.61. The van der Waals surface area contributed by atoms with Crippen molar-refractivity contribution in [2.45, 2.75) is 20.0 Å². The average molecular weight is 416 g/mol. The third-order valence-corrected chi connectivity index (χ3v) is 4.25. The van der Waals surface area contributed by atoms with Gasteiger partial charge >= 0.3 is 5.97 Å². The van der Waals surface area contributed by atoms with Gasteiger partial charge in [0.1, 0.15) is 0 Å². The monoisotopic (exact) mass is 415 g/mol. The van der Waals surface area contributed by atoms with Crippen molar-refractivity contribution in [3.8, 4) is 0 Å². The first kappa shape index (κ1) is 19.6. The van der Waals surface area contributed by atoms with Crippen LogP contribution < -0.4 is 5.32 Å². The van der Waals surface area contributed by atoms with Crippen LogP contribution in [0.4, 0.5) is 5.69 Å². The Morgan fingerprint density at radius 1 is 1.08 bits per heavy atom. The van der Waals surface area contributed by atoms with Gasteiger partial charge in [0, 0.05) is 16.1 Å². The minimum absolute atomic E-state index is 0.165. The minimum Gasteiger partial charge on any atom is -0.449 e. The van der Waals surface area contributed by atoms with Gasteiger partial charge in [-0.1, -0.05) is 46.3 Å². The summed E-state index contributed by atoms with van der Waals surface area (Å²) in [7, 11) is 0. The Morgan fingerprint density at radius 2 is 1.73 bits per heavy atom. The Hall–Kier alpha value is -2.73. The van der Waals surface area contributed by atoms with Crippen LogP contribution in [-0.4, -0.2) is 23.8 Å². The van der Waals surface area contributed by atoms with E-state index in [9.17, 15) is 14.4 Å². The van der Waals surface area contributed by atoms with E-state index in [2.05, 4.69) is 21.2 Å². The van der Waals surface area contributed by atoms with Crippen molar-refractivity contribution in [3.05, 3.63) is 70.2 Å². The fraction of sp³-hybridized carbons (Fsp3) is 0.150. The highest BCUT2D eigenvalue weighted by atomic mass is 79.9. The van der Waals surface area contributed by atoms with Gasteiger partial charge in [-0.15, -0.1) is 0 Å². The van der Waals surface area contributed by atoms with Gasteiger partial charge in [-0.25, -0.2) is 4.79 Å². The van der Waals surface area contributed by atoms with Crippen LogP contribution in [0.1, 0.15) is 29.8 Å². The van der Waals surface area contributed by atoms with Crippen molar-refractivity contribution >= 4 is 45.4 Å². The lowest BCUT2D eigenvalue weighted by atomic mass is 10.1. The van der Waals surface area contributed by atoms with Crippen molar-refractivity contribution < 1.29 is 19.1 Å². The van der Waals surface area contributed by atoms with Crippen LogP contribution in [0.25, 0.3) is 6.08 Å². The first-order valence-electron chi connectivity index (χ1n) is 7.92. The van der Waals surface area contributed by atoms with Crippen molar-refractivity contribution in [3.63, 3.8) is 0 Å². The Morgan fingerprint density at radius 3 is 2.42 bits per heavy atom. The van der Waals surface area contributed by atoms with Gasteiger partial charge in [-0.3, -0.25) is 9.59 Å². The molecule has 0 unspecified atom stereocenters. The van der Waals surface area contributed by atoms with Crippen LogP contribution in [0.5, 0.6) is 0 Å². The maximum absolute atomic E-state index is 12.2. The molecule has 6 heteroatoms. The summed E-state index contributed by atoms with van der Waals surface area (Å²) >= 11 is 3.38. The second-order valence-electron chi connectivity index (χ2n) is 5.52. The lowest BCUT2D eigenvalue weighted by molar-refractivity contribution is -0.148. The summed E-state index contributed by atoms with van der Waals surface area (Å²) in [5, 5.41) is 2.61. The fourth-order valence-corrected chi connectivity index (χ4v) is 2.59. The van der Waals surface area contributed by atoms with Gasteiger partial charge in [0.05, 0.1) is 5.69 Å². The number of hydrogen-bond acceptors (Lipinski definition) is 4. The molecule has 0 aliphatic rings. The van der Waals surface area contributed by atoms with Crippen LogP contribution in [0.2, 0.25) is 0 Å². The zero-order valence-corrected chi connectivity index (χ0v) is 15.9. The van der Waals surface area contributed by atoms with Gasteiger partial charge in [0.2, 0.25) is 0 Å². The van der Waals surface area contributed by atoms with Crippen LogP contribution in [-0.2, 0) is 14.3 Å². The molecule has 1 N–H and O–H groups in total. The molecule has 0 bridgehead atoms. The Labute approximate surface area is 160 Å². The van der Waals surface area contributed by atoms with E-state index in [1.54, 1.807) is 30.3 Å². The van der Waals surface area contributed by atoms with E-state index in [4.69, 9.17) is 4.74 Å². The molecule has 0 heterocycles. The van der Waals surface area contributed by atoms with E-state index >= 15 is 0 Å². The van der Waals surface area contributed by atoms with Gasteiger partial charge in [-0.05, 0) is 43.7 Å². The molecular weight excluding hydrogens is 398 g/mol. The van der Waals surface area contributed by atoms with Crippen LogP contribution in [0, 0.1) is 0 Å². The lowest BCUT2D eigenvalue weighted by Crippen LogP contribution is -2.30. The number of ketones is 1. The van der Waals surface area contributed by atoms with Gasteiger partial charge in [-0.2, -0.15) is 0 Å². The molecule has 26 heavy (non-hydrogen) atoms. The van der Waals surface area contributed by atoms with Crippen molar-refractivity contribution in [1.82, 2.24) is 0 Å². The Bertz CT molecular complexity index is 860. The quantitative estimate of drug-likeness (QED) is 0.435. The zero-order valence-electron chi connectivity index (χ0n) is 14.4. The van der Waals surface area contributed by atoms with E-state index in [1.807, 2.05) is 24.3 Å². The third-order valence-electron chi connectivity index (χ3n) is 3.53. The van der Waals surface area contributed by atoms with Crippen LogP contribution >= 0.6 is 15.9 Å². The van der Waals surface area contributed by atoms with Crippen molar-refractivity contribution in [2.24, 2.45) is 0 Å². The summed E-state index contributed by atoms with van der Waals surface area (Å²) < 4.78 is 5.95. The number of anilines is 1. The van der Waals surface area contributed by atoms with E-state index in [0.717, 1.165) is 10.0 Å². The first-order chi connectivity index (χ1) is 12.4. The number of hydrogen-bond donors (Lipinski definition) is 1. The summed E-state index contributed by atoms with van der Waals surface area (Å²) in [4.78, 5) is 35.7. The van der Waals surface area contributed by atoms with Crippen molar-refractivity contribution in [2.75, 3.05) is 5.32 Å². The highest BCUT2D eigenvalue weighted by Gasteiger charge is 2.18. The minimum atomic E-state index is -1.01. The molecule has 0 aromatic heterocycles. The lowest BCUT2D eigenvalue weighted by Gasteiger charge is -2.14. The van der Waals surface area contributed by atoms with E-state index < -0.39 is 18.0 Å². The Balaban J connectivity index is 1.98. The normalized spacial score (nSPS) is 11.8. The number of carbonyl (C=O) groups is 3. The highest BCUT2D eigenvalue weighted by Crippen LogP contribution is 2.18. The maximum Gasteiger partial charge on any atom is 0.331 e. The summed E-state index contributed by atoms with van der Waals surface area (Å²) in [6, 6.07) is 14.1. The number of carbonyl (C=O) groups excluding carboxylic acids is 3. The molecule has 0 aliphatic heterocycles. The van der Waals surface area contributed by atoms with Gasteiger partial charge < -0.3 is 10.1 Å². The van der Waals surface area contributed by atoms with Crippen LogP contribution in [0.3, 0.4) is 0 Å². The van der Waals surface area contributed by atoms with Crippen molar-refractivity contribution in [1.29, 1.82) is 0 Å². The summed E-state index contributed by atoms with van der Waals surface area (Å²) in [5.74, 6) is -1.31. The molecule has 134 valence electrons. The molecule has 1 amide bonds. The molecule has 1 atom stereocenters. The molecule has 0 fully saturated rings. The Kier molecular flexibility index (Phi) is 6.86. The zero-order chi connectivity index (χ0) is 19.1. The second kappa shape index (κ2) is 9.10. The standard InChI is InChI=1S/C20H18BrNO4/c1-13(23)16-8-4-6-10-18(16)22-20(25)14(2)26-19(24)12-11-15-7-3-5-9-17(15)21/h3-12,14H,1-2H3,(H,22,25)/b12-11+/t14-/m0/s1. The predicted molar refractivity (Wildman–Crippen MR) is 104 cm³/mol. The number of ether oxygens (including phenoxy) is 1. The maximum atomic E-state index is 12.2. The largest absolute Gasteiger partial charge is 0.449 e. The molecule has 2 aromatic carbocycles. The van der Waals surface area contributed by atoms with Crippen LogP contribution in [0.15, 0.2) is 59.1 Å². The molecular formula is C20H18BrNO4. The predicted octanol–water partition coefficient (Wildman–Crippen LogP) is 4.24. The summed E-state index contributed by atoms with van der Waals surface area (Å²) in [5.41, 5.74) is 1.60. The fourth-order valence-electron chi connectivity index (χ4n) is 2.17. The number of rotatable bonds is 6. The van der Waals surface area contributed by atoms with E-state index in [-0.39, 0.29) is 5.78 Å². The number of benzene rings is 2. The van der Waals surface area contributed by atoms with E-state index in [0.29, 0.717) is 11.3 Å². The smallest absolute Gasteiger partial charge is 0.331 e. The molecule has 0 aliphatic carbocycles. The number of amides is 1. The number of para-hydroxylation sites is 1. The molecule has 0 saturated carbocycles.